The summed E-state index contributed by atoms with van der Waals surface area (Å²) in [5, 5.41) is 6.80. The summed E-state index contributed by atoms with van der Waals surface area (Å²) in [6, 6.07) is 60.5. The van der Waals surface area contributed by atoms with Crippen molar-refractivity contribution in [1.29, 1.82) is 0 Å². The van der Waals surface area contributed by atoms with Crippen LogP contribution in [0.4, 0.5) is 68.2 Å². The van der Waals surface area contributed by atoms with Crippen LogP contribution in [-0.2, 0) is 47.3 Å². The lowest BCUT2D eigenvalue weighted by Crippen LogP contribution is -2.18. The molecular weight excluding hydrogens is 1120 g/mol. The Balaban J connectivity index is 1.32. The molecule has 4 heterocycles. The largest absolute Gasteiger partial charge is 0.309 e. The highest BCUT2D eigenvalue weighted by Crippen LogP contribution is 2.56. The molecule has 0 saturated heterocycles. The average molecular weight is 1210 g/mol. The van der Waals surface area contributed by atoms with Gasteiger partial charge in [0.1, 0.15) is 0 Å². The van der Waals surface area contributed by atoms with Crippen molar-refractivity contribution in [2.75, 3.05) is 19.6 Å². The van der Waals surface area contributed by atoms with Crippen LogP contribution in [0, 0.1) is 0 Å². The fourth-order valence-corrected chi connectivity index (χ4v) is 13.4. The normalized spacial score (nSPS) is 12.3. The predicted molar refractivity (Wildman–Crippen MR) is 392 cm³/mol. The molecule has 0 N–H and O–H groups in total. The lowest BCUT2D eigenvalue weighted by molar-refractivity contribution is 0.590. The number of aromatic nitrogens is 4. The third kappa shape index (κ3) is 11.7. The van der Waals surface area contributed by atoms with Gasteiger partial charge >= 0.3 is 0 Å². The van der Waals surface area contributed by atoms with Crippen molar-refractivity contribution < 1.29 is 0 Å². The summed E-state index contributed by atoms with van der Waals surface area (Å²) in [6.07, 6.45) is 19.2. The Morgan fingerprint density at radius 2 is 0.446 bits per heavy atom. The standard InChI is InChI=1S/C84H90N8/c1-17-55-51-85-45-41-71(55)89(63-29-21-59(22-30-63)81(5,6)7)75-49-76(90(72-42-46-86-52-56(72)18-2)64-31-23-60(24-32-64)82(8,9)10)68-39-40-70-78(92(74-44-48-88-54-58(74)20-4)66-35-27-62(28-36-66)84(14,15)16)50-77(69-38-37-67(75)79(68)80(69)70)91(73-43-47-87-53-57(73)19-3)65-33-25-61(26-34-65)83(11,12)13/h21-54H,17-20H2,1-16H3. The molecule has 0 spiro atoms. The molecule has 8 nitrogen and oxygen atoms in total. The maximum Gasteiger partial charge on any atom is 0.0561 e. The fourth-order valence-electron chi connectivity index (χ4n) is 13.4. The third-order valence-electron chi connectivity index (χ3n) is 18.7. The zero-order chi connectivity index (χ0) is 65.0. The summed E-state index contributed by atoms with van der Waals surface area (Å²) >= 11 is 0. The van der Waals surface area contributed by atoms with E-state index < -0.39 is 0 Å². The molecule has 0 fully saturated rings. The van der Waals surface area contributed by atoms with Gasteiger partial charge in [-0.3, -0.25) is 19.9 Å². The Bertz CT molecular complexity index is 4010. The van der Waals surface area contributed by atoms with Gasteiger partial charge in [0.2, 0.25) is 0 Å². The lowest BCUT2D eigenvalue weighted by atomic mass is 9.86. The van der Waals surface area contributed by atoms with E-state index in [4.69, 9.17) is 19.9 Å². The highest BCUT2D eigenvalue weighted by Gasteiger charge is 2.32. The van der Waals surface area contributed by atoms with E-state index in [1.54, 1.807) is 0 Å². The van der Waals surface area contributed by atoms with Crippen molar-refractivity contribution in [3.63, 3.8) is 0 Å². The van der Waals surface area contributed by atoms with E-state index in [9.17, 15) is 0 Å². The second-order valence-electron chi connectivity index (χ2n) is 28.9. The second-order valence-corrected chi connectivity index (χ2v) is 28.9. The monoisotopic (exact) mass is 1210 g/mol. The minimum atomic E-state index is -0.0535. The van der Waals surface area contributed by atoms with Gasteiger partial charge in [-0.2, -0.15) is 0 Å². The minimum Gasteiger partial charge on any atom is -0.309 e. The van der Waals surface area contributed by atoms with E-state index in [0.717, 1.165) is 149 Å². The number of rotatable bonds is 16. The molecule has 0 bridgehead atoms. The maximum absolute atomic E-state index is 4.78. The number of hydrogen-bond acceptors (Lipinski definition) is 8. The molecule has 12 rings (SSSR count). The van der Waals surface area contributed by atoms with Gasteiger partial charge in [0.05, 0.1) is 45.5 Å². The first-order valence-electron chi connectivity index (χ1n) is 33.1. The molecule has 4 aromatic heterocycles. The number of hydrogen-bond donors (Lipinski definition) is 0. The van der Waals surface area contributed by atoms with Gasteiger partial charge in [-0.05, 0) is 177 Å². The van der Waals surface area contributed by atoms with Crippen molar-refractivity contribution in [3.05, 3.63) is 252 Å². The molecule has 0 aliphatic carbocycles. The molecule has 92 heavy (non-hydrogen) atoms. The predicted octanol–water partition coefficient (Wildman–Crippen LogP) is 23.5. The molecule has 0 aliphatic rings. The Morgan fingerprint density at radius 1 is 0.250 bits per heavy atom. The van der Waals surface area contributed by atoms with E-state index in [1.165, 1.54) is 22.3 Å². The van der Waals surface area contributed by atoms with Gasteiger partial charge in [0.15, 0.2) is 0 Å². The Kier molecular flexibility index (Phi) is 16.8. The molecule has 0 aliphatic heterocycles. The first kappa shape index (κ1) is 62.8. The first-order chi connectivity index (χ1) is 44.0. The zero-order valence-corrected chi connectivity index (χ0v) is 57.0. The van der Waals surface area contributed by atoms with E-state index in [1.807, 2.05) is 49.6 Å². The van der Waals surface area contributed by atoms with Crippen molar-refractivity contribution >= 4 is 101 Å². The van der Waals surface area contributed by atoms with Gasteiger partial charge in [0, 0.05) is 105 Å². The lowest BCUT2D eigenvalue weighted by Gasteiger charge is -2.36. The van der Waals surface area contributed by atoms with Crippen molar-refractivity contribution in [3.8, 4) is 0 Å². The first-order valence-corrected chi connectivity index (χ1v) is 33.1. The highest BCUT2D eigenvalue weighted by atomic mass is 15.2. The number of benzene rings is 8. The van der Waals surface area contributed by atoms with E-state index in [0.29, 0.717) is 0 Å². The molecule has 0 unspecified atom stereocenters. The van der Waals surface area contributed by atoms with Crippen LogP contribution in [0.15, 0.2) is 207 Å². The van der Waals surface area contributed by atoms with Crippen LogP contribution in [-0.4, -0.2) is 19.9 Å². The SMILES string of the molecule is CCc1cnccc1N(c1ccc(C(C)(C)C)cc1)c1cc(N(c2ccc(C(C)(C)C)cc2)c2ccncc2CC)c2ccc3c(N(c4ccc(C(C)(C)C)cc4)c4ccncc4CC)cc(N(c4ccc(C(C)(C)C)cc4)c4ccncc4CC)c4ccc1c2c43. The van der Waals surface area contributed by atoms with Crippen LogP contribution < -0.4 is 19.6 Å². The van der Waals surface area contributed by atoms with Crippen molar-refractivity contribution in [1.82, 2.24) is 19.9 Å². The van der Waals surface area contributed by atoms with Gasteiger partial charge in [-0.25, -0.2) is 0 Å². The van der Waals surface area contributed by atoms with E-state index in [-0.39, 0.29) is 21.7 Å². The number of aryl methyl sites for hydroxylation is 4. The summed E-state index contributed by atoms with van der Waals surface area (Å²) in [6.45, 7) is 36.4. The van der Waals surface area contributed by atoms with Crippen LogP contribution in [0.3, 0.4) is 0 Å². The Hall–Kier alpha value is -9.40. The number of nitrogens with zero attached hydrogens (tertiary/aromatic N) is 8. The molecule has 8 heteroatoms. The second kappa shape index (κ2) is 24.7. The Labute approximate surface area is 547 Å². The van der Waals surface area contributed by atoms with Crippen LogP contribution >= 0.6 is 0 Å². The summed E-state index contributed by atoms with van der Waals surface area (Å²) in [7, 11) is 0. The maximum atomic E-state index is 4.78. The zero-order valence-electron chi connectivity index (χ0n) is 57.0. The van der Waals surface area contributed by atoms with Crippen molar-refractivity contribution in [2.24, 2.45) is 0 Å². The van der Waals surface area contributed by atoms with Crippen LogP contribution in [0.2, 0.25) is 0 Å². The summed E-state index contributed by atoms with van der Waals surface area (Å²) in [4.78, 5) is 29.2. The molecule has 8 aromatic carbocycles. The van der Waals surface area contributed by atoms with Gasteiger partial charge in [0.25, 0.3) is 0 Å². The quantitative estimate of drug-likeness (QED) is 0.0887. The smallest absolute Gasteiger partial charge is 0.0561 e. The Morgan fingerprint density at radius 3 is 0.620 bits per heavy atom. The van der Waals surface area contributed by atoms with Gasteiger partial charge in [-0.1, -0.05) is 184 Å². The third-order valence-corrected chi connectivity index (χ3v) is 18.7. The average Bonchev–Trinajstić information content (AvgIpc) is 0.700. The van der Waals surface area contributed by atoms with Gasteiger partial charge < -0.3 is 19.6 Å². The van der Waals surface area contributed by atoms with E-state index in [2.05, 4.69) is 288 Å². The topological polar surface area (TPSA) is 64.5 Å². The minimum absolute atomic E-state index is 0.0535. The van der Waals surface area contributed by atoms with Crippen LogP contribution in [0.25, 0.3) is 32.3 Å². The summed E-state index contributed by atoms with van der Waals surface area (Å²) < 4.78 is 0. The molecule has 466 valence electrons. The molecule has 0 radical (unpaired) electrons. The summed E-state index contributed by atoms with van der Waals surface area (Å²) in [5.74, 6) is 0. The summed E-state index contributed by atoms with van der Waals surface area (Å²) in [5.41, 5.74) is 22.2. The van der Waals surface area contributed by atoms with E-state index >= 15 is 0 Å². The molecule has 0 atom stereocenters. The number of anilines is 12. The van der Waals surface area contributed by atoms with Crippen LogP contribution in [0.5, 0.6) is 0 Å². The van der Waals surface area contributed by atoms with Crippen LogP contribution in [0.1, 0.15) is 155 Å². The molecule has 12 aromatic rings. The molecular formula is C84H90N8. The van der Waals surface area contributed by atoms with Gasteiger partial charge in [-0.15, -0.1) is 0 Å². The van der Waals surface area contributed by atoms with Crippen molar-refractivity contribution in [2.45, 2.75) is 158 Å². The fraction of sp³-hybridized carbons (Fsp3) is 0.286. The molecule has 0 saturated carbocycles. The highest BCUT2D eigenvalue weighted by molar-refractivity contribution is 6.33. The number of pyridine rings is 4. The molecule has 0 amide bonds.